The molecule has 1 aromatic heterocycles. The summed E-state index contributed by atoms with van der Waals surface area (Å²) in [6.45, 7) is 3.42. The third kappa shape index (κ3) is 6.42. The van der Waals surface area contributed by atoms with Crippen molar-refractivity contribution in [3.05, 3.63) is 58.8 Å². The fourth-order valence-electron chi connectivity index (χ4n) is 4.28. The van der Waals surface area contributed by atoms with Crippen molar-refractivity contribution >= 4 is 23.3 Å². The second-order valence-electron chi connectivity index (χ2n) is 8.88. The van der Waals surface area contributed by atoms with Gasteiger partial charge in [0.2, 0.25) is 5.91 Å². The average Bonchev–Trinajstić information content (AvgIpc) is 3.12. The number of nitrogens with one attached hydrogen (secondary N) is 1. The number of benzene rings is 1. The first kappa shape index (κ1) is 25.4. The molecule has 1 aliphatic rings. The summed E-state index contributed by atoms with van der Waals surface area (Å²) in [4.78, 5) is 41.8. The molecule has 3 atom stereocenters. The van der Waals surface area contributed by atoms with Crippen LogP contribution in [0.25, 0.3) is 0 Å². The van der Waals surface area contributed by atoms with Gasteiger partial charge in [0.25, 0.3) is 0 Å². The number of nitrogens with zero attached hydrogens (tertiary/aromatic N) is 1. The maximum atomic E-state index is 12.9. The zero-order valence-corrected chi connectivity index (χ0v) is 19.1. The molecule has 1 aliphatic carbocycles. The third-order valence-corrected chi connectivity index (χ3v) is 6.28. The number of amides is 1. The Morgan fingerprint density at radius 1 is 1.24 bits per heavy atom. The summed E-state index contributed by atoms with van der Waals surface area (Å²) in [6, 6.07) is 7.67. The molecule has 0 spiro atoms. The maximum Gasteiger partial charge on any atom is 0.416 e. The highest BCUT2D eigenvalue weighted by Crippen LogP contribution is 2.33. The molecule has 0 aliphatic heterocycles. The van der Waals surface area contributed by atoms with Crippen molar-refractivity contribution in [2.75, 3.05) is 5.73 Å². The molecule has 0 unspecified atom stereocenters. The maximum absolute atomic E-state index is 12.9. The summed E-state index contributed by atoms with van der Waals surface area (Å²) >= 11 is 0. The number of Topliss-reactive ketones (excluding diaryl/α,β-unsaturated/α-hetero) is 2. The number of aromatic nitrogens is 1. The average molecular weight is 476 g/mol. The van der Waals surface area contributed by atoms with Crippen LogP contribution in [0.5, 0.6) is 0 Å². The Hall–Kier alpha value is -3.23. The first-order valence-electron chi connectivity index (χ1n) is 11.2. The van der Waals surface area contributed by atoms with Crippen LogP contribution in [0.2, 0.25) is 0 Å². The van der Waals surface area contributed by atoms with Crippen LogP contribution in [-0.4, -0.2) is 28.5 Å². The van der Waals surface area contributed by atoms with Crippen LogP contribution in [0.3, 0.4) is 0 Å². The summed E-state index contributed by atoms with van der Waals surface area (Å²) in [6.07, 6.45) is -3.35. The van der Waals surface area contributed by atoms with E-state index >= 15 is 0 Å². The van der Waals surface area contributed by atoms with E-state index in [9.17, 15) is 27.6 Å². The van der Waals surface area contributed by atoms with Crippen molar-refractivity contribution in [1.29, 1.82) is 0 Å². The number of alkyl halides is 3. The van der Waals surface area contributed by atoms with E-state index in [1.807, 2.05) is 13.0 Å². The normalized spacial score (nSPS) is 19.1. The number of hydrogen-bond donors (Lipinski definition) is 2. The standard InChI is InChI=1S/C25H28F3N3O3/c1-14-17(7-9-23(29)30-14)6-8-21(32)15(2)31-24(34)19-12-18(22(33)13-19)10-16-4-3-5-20(11-16)25(26,27)28/h3-5,7,9,11,15,18-19H,6,8,10,12-13H2,1-2H3,(H2,29,30)(H,31,34)/t15-,18+,19+/m1/s1. The molecule has 0 bridgehead atoms. The van der Waals surface area contributed by atoms with Gasteiger partial charge in [-0.1, -0.05) is 24.3 Å². The number of halogens is 3. The van der Waals surface area contributed by atoms with Crippen molar-refractivity contribution < 1.29 is 27.6 Å². The van der Waals surface area contributed by atoms with E-state index in [-0.39, 0.29) is 43.2 Å². The van der Waals surface area contributed by atoms with Gasteiger partial charge in [-0.15, -0.1) is 0 Å². The van der Waals surface area contributed by atoms with Gasteiger partial charge in [0, 0.05) is 30.4 Å². The molecule has 3 N–H and O–H groups in total. The van der Waals surface area contributed by atoms with Gasteiger partial charge in [-0.05, 0) is 56.4 Å². The Kier molecular flexibility index (Phi) is 7.74. The molecular formula is C25H28F3N3O3. The molecule has 1 fully saturated rings. The van der Waals surface area contributed by atoms with Gasteiger partial charge in [0.15, 0.2) is 5.78 Å². The van der Waals surface area contributed by atoms with Crippen LogP contribution in [0.1, 0.15) is 48.6 Å². The van der Waals surface area contributed by atoms with E-state index < -0.39 is 29.6 Å². The Morgan fingerprint density at radius 3 is 2.65 bits per heavy atom. The van der Waals surface area contributed by atoms with E-state index in [4.69, 9.17) is 5.73 Å². The lowest BCUT2D eigenvalue weighted by molar-refractivity contribution is -0.137. The van der Waals surface area contributed by atoms with E-state index in [2.05, 4.69) is 10.3 Å². The number of aryl methyl sites for hydroxylation is 2. The summed E-state index contributed by atoms with van der Waals surface area (Å²) in [5, 5.41) is 2.69. The topological polar surface area (TPSA) is 102 Å². The lowest BCUT2D eigenvalue weighted by Crippen LogP contribution is -2.41. The first-order chi connectivity index (χ1) is 15.9. The predicted octanol–water partition coefficient (Wildman–Crippen LogP) is 3.84. The number of carbonyl (C=O) groups excluding carboxylic acids is 3. The van der Waals surface area contributed by atoms with Crippen LogP contribution in [0.4, 0.5) is 19.0 Å². The molecule has 1 aromatic carbocycles. The van der Waals surface area contributed by atoms with Gasteiger partial charge in [-0.2, -0.15) is 13.2 Å². The molecule has 0 radical (unpaired) electrons. The van der Waals surface area contributed by atoms with Crippen molar-refractivity contribution in [3.8, 4) is 0 Å². The molecule has 1 heterocycles. The second kappa shape index (κ2) is 10.4. The van der Waals surface area contributed by atoms with Gasteiger partial charge in [-0.3, -0.25) is 14.4 Å². The number of hydrogen-bond acceptors (Lipinski definition) is 5. The number of anilines is 1. The molecule has 9 heteroatoms. The van der Waals surface area contributed by atoms with Gasteiger partial charge in [0.05, 0.1) is 11.6 Å². The third-order valence-electron chi connectivity index (χ3n) is 6.28. The highest BCUT2D eigenvalue weighted by atomic mass is 19.4. The lowest BCUT2D eigenvalue weighted by atomic mass is 9.95. The number of carbonyl (C=O) groups is 3. The zero-order chi connectivity index (χ0) is 25.0. The van der Waals surface area contributed by atoms with E-state index in [1.54, 1.807) is 19.1 Å². The molecular weight excluding hydrogens is 447 g/mol. The summed E-state index contributed by atoms with van der Waals surface area (Å²) in [7, 11) is 0. The van der Waals surface area contributed by atoms with Crippen LogP contribution in [0, 0.1) is 18.8 Å². The molecule has 0 saturated heterocycles. The SMILES string of the molecule is Cc1nc(N)ccc1CCC(=O)[C@@H](C)NC(=O)[C@@H]1CC(=O)[C@@H](Cc2cccc(C(F)(F)F)c2)C1. The highest BCUT2D eigenvalue weighted by molar-refractivity contribution is 5.94. The largest absolute Gasteiger partial charge is 0.416 e. The van der Waals surface area contributed by atoms with Crippen LogP contribution in [0.15, 0.2) is 36.4 Å². The minimum atomic E-state index is -4.45. The number of nitrogens with two attached hydrogens (primary N) is 1. The molecule has 3 rings (SSSR count). The molecule has 1 amide bonds. The minimum Gasteiger partial charge on any atom is -0.384 e. The predicted molar refractivity (Wildman–Crippen MR) is 121 cm³/mol. The number of rotatable bonds is 8. The monoisotopic (exact) mass is 475 g/mol. The lowest BCUT2D eigenvalue weighted by Gasteiger charge is -2.16. The minimum absolute atomic E-state index is 0.0205. The van der Waals surface area contributed by atoms with Crippen molar-refractivity contribution in [1.82, 2.24) is 10.3 Å². The van der Waals surface area contributed by atoms with Crippen LogP contribution < -0.4 is 11.1 Å². The first-order valence-corrected chi connectivity index (χ1v) is 11.2. The fourth-order valence-corrected chi connectivity index (χ4v) is 4.28. The fraction of sp³-hybridized carbons (Fsp3) is 0.440. The van der Waals surface area contributed by atoms with Crippen LogP contribution in [-0.2, 0) is 33.4 Å². The van der Waals surface area contributed by atoms with Crippen molar-refractivity contribution in [3.63, 3.8) is 0 Å². The Labute approximate surface area is 196 Å². The van der Waals surface area contributed by atoms with Crippen LogP contribution >= 0.6 is 0 Å². The highest BCUT2D eigenvalue weighted by Gasteiger charge is 2.37. The quantitative estimate of drug-likeness (QED) is 0.604. The van der Waals surface area contributed by atoms with Gasteiger partial charge in [0.1, 0.15) is 11.6 Å². The Morgan fingerprint density at radius 2 is 1.97 bits per heavy atom. The Bertz CT molecular complexity index is 1080. The molecule has 2 aromatic rings. The number of ketones is 2. The van der Waals surface area contributed by atoms with Gasteiger partial charge < -0.3 is 11.1 Å². The number of pyridine rings is 1. The molecule has 182 valence electrons. The van der Waals surface area contributed by atoms with E-state index in [0.29, 0.717) is 17.8 Å². The molecule has 34 heavy (non-hydrogen) atoms. The second-order valence-corrected chi connectivity index (χ2v) is 8.88. The van der Waals surface area contributed by atoms with Gasteiger partial charge in [-0.25, -0.2) is 4.98 Å². The summed E-state index contributed by atoms with van der Waals surface area (Å²) in [5.41, 5.74) is 6.94. The zero-order valence-electron chi connectivity index (χ0n) is 19.1. The molecule has 1 saturated carbocycles. The Balaban J connectivity index is 1.52. The summed E-state index contributed by atoms with van der Waals surface area (Å²) < 4.78 is 38.8. The van der Waals surface area contributed by atoms with Crippen molar-refractivity contribution in [2.24, 2.45) is 11.8 Å². The van der Waals surface area contributed by atoms with E-state index in [0.717, 1.165) is 23.4 Å². The van der Waals surface area contributed by atoms with Crippen molar-refractivity contribution in [2.45, 2.75) is 58.2 Å². The number of nitrogen functional groups attached to an aromatic ring is 1. The smallest absolute Gasteiger partial charge is 0.384 e. The summed E-state index contributed by atoms with van der Waals surface area (Å²) in [5.74, 6) is -1.39. The van der Waals surface area contributed by atoms with Gasteiger partial charge >= 0.3 is 6.18 Å². The van der Waals surface area contributed by atoms with E-state index in [1.165, 1.54) is 6.07 Å². The molecule has 6 nitrogen and oxygen atoms in total.